The summed E-state index contributed by atoms with van der Waals surface area (Å²) in [4.78, 5) is 35.8. The second-order valence-corrected chi connectivity index (χ2v) is 6.07. The Bertz CT molecular complexity index is 772. The number of hydrogen-bond acceptors (Lipinski definition) is 7. The van der Waals surface area contributed by atoms with Crippen molar-refractivity contribution in [3.8, 4) is 0 Å². The van der Waals surface area contributed by atoms with Crippen LogP contribution in [0.5, 0.6) is 0 Å². The van der Waals surface area contributed by atoms with Gasteiger partial charge in [-0.1, -0.05) is 16.8 Å². The molecule has 3 heterocycles. The molecule has 1 saturated heterocycles. The number of piperazine rings is 1. The van der Waals surface area contributed by atoms with Crippen LogP contribution in [0.2, 0.25) is 5.02 Å². The van der Waals surface area contributed by atoms with Crippen molar-refractivity contribution in [2.45, 2.75) is 6.92 Å². The van der Waals surface area contributed by atoms with E-state index in [1.165, 1.54) is 12.5 Å². The van der Waals surface area contributed by atoms with E-state index >= 15 is 0 Å². The van der Waals surface area contributed by atoms with Crippen LogP contribution in [0.4, 0.5) is 5.82 Å². The molecule has 132 valence electrons. The molecule has 0 saturated carbocycles. The van der Waals surface area contributed by atoms with Crippen molar-refractivity contribution < 1.29 is 14.1 Å². The van der Waals surface area contributed by atoms with E-state index in [0.29, 0.717) is 37.8 Å². The number of rotatable bonds is 4. The molecule has 1 fully saturated rings. The molecule has 0 spiro atoms. The van der Waals surface area contributed by atoms with Gasteiger partial charge in [-0.2, -0.15) is 0 Å². The summed E-state index contributed by atoms with van der Waals surface area (Å²) < 4.78 is 4.90. The highest BCUT2D eigenvalue weighted by atomic mass is 35.5. The summed E-state index contributed by atoms with van der Waals surface area (Å²) in [5.41, 5.74) is 0.198. The quantitative estimate of drug-likeness (QED) is 0.856. The van der Waals surface area contributed by atoms with Crippen LogP contribution < -0.4 is 5.32 Å². The van der Waals surface area contributed by atoms with E-state index in [2.05, 4.69) is 20.4 Å². The first kappa shape index (κ1) is 17.3. The Morgan fingerprint density at radius 1 is 1.32 bits per heavy atom. The van der Waals surface area contributed by atoms with Crippen LogP contribution in [0.1, 0.15) is 16.2 Å². The molecule has 0 atom stereocenters. The van der Waals surface area contributed by atoms with Gasteiger partial charge in [-0.25, -0.2) is 9.97 Å². The molecule has 0 aromatic carbocycles. The molecule has 25 heavy (non-hydrogen) atoms. The molecule has 0 radical (unpaired) electrons. The van der Waals surface area contributed by atoms with Crippen molar-refractivity contribution in [2.24, 2.45) is 0 Å². The van der Waals surface area contributed by atoms with Gasteiger partial charge in [0.15, 0.2) is 5.82 Å². The number of carbonyl (C=O) groups excluding carboxylic acids is 2. The zero-order valence-electron chi connectivity index (χ0n) is 13.6. The summed E-state index contributed by atoms with van der Waals surface area (Å²) in [6.45, 7) is 4.13. The molecule has 2 aromatic heterocycles. The van der Waals surface area contributed by atoms with Crippen molar-refractivity contribution in [1.82, 2.24) is 24.9 Å². The highest BCUT2D eigenvalue weighted by Crippen LogP contribution is 2.15. The van der Waals surface area contributed by atoms with E-state index in [1.54, 1.807) is 17.9 Å². The van der Waals surface area contributed by atoms with Crippen LogP contribution in [0.15, 0.2) is 23.1 Å². The highest BCUT2D eigenvalue weighted by molar-refractivity contribution is 6.33. The predicted octanol–water partition coefficient (Wildman–Crippen LogP) is 0.823. The van der Waals surface area contributed by atoms with Gasteiger partial charge in [0, 0.05) is 38.4 Å². The third kappa shape index (κ3) is 4.31. The molecule has 2 aromatic rings. The van der Waals surface area contributed by atoms with Gasteiger partial charge >= 0.3 is 0 Å². The fourth-order valence-electron chi connectivity index (χ4n) is 2.54. The van der Waals surface area contributed by atoms with Gasteiger partial charge in [0.25, 0.3) is 5.91 Å². The molecule has 1 aliphatic heterocycles. The van der Waals surface area contributed by atoms with Crippen LogP contribution in [0, 0.1) is 6.92 Å². The first-order valence-corrected chi connectivity index (χ1v) is 8.11. The number of nitrogens with one attached hydrogen (secondary N) is 1. The summed E-state index contributed by atoms with van der Waals surface area (Å²) in [7, 11) is 0. The predicted molar refractivity (Wildman–Crippen MR) is 89.3 cm³/mol. The van der Waals surface area contributed by atoms with Gasteiger partial charge < -0.3 is 14.7 Å². The lowest BCUT2D eigenvalue weighted by molar-refractivity contribution is -0.117. The minimum atomic E-state index is -0.227. The zero-order valence-corrected chi connectivity index (χ0v) is 14.4. The van der Waals surface area contributed by atoms with Gasteiger partial charge in [0.2, 0.25) is 5.91 Å². The summed E-state index contributed by atoms with van der Waals surface area (Å²) in [5, 5.41) is 6.63. The van der Waals surface area contributed by atoms with Crippen LogP contribution in [0.25, 0.3) is 0 Å². The van der Waals surface area contributed by atoms with E-state index in [9.17, 15) is 9.59 Å². The molecule has 1 aliphatic rings. The number of amides is 2. The third-order valence-corrected chi connectivity index (χ3v) is 4.07. The number of halogens is 1. The van der Waals surface area contributed by atoms with Gasteiger partial charge in [0.05, 0.1) is 11.6 Å². The Kier molecular flexibility index (Phi) is 5.25. The van der Waals surface area contributed by atoms with Crippen molar-refractivity contribution in [2.75, 3.05) is 38.0 Å². The first-order chi connectivity index (χ1) is 12.0. The monoisotopic (exact) mass is 364 g/mol. The lowest BCUT2D eigenvalue weighted by atomic mass is 10.2. The zero-order chi connectivity index (χ0) is 17.8. The largest absolute Gasteiger partial charge is 0.360 e. The van der Waals surface area contributed by atoms with Gasteiger partial charge in [-0.15, -0.1) is 0 Å². The normalized spacial score (nSPS) is 15.2. The third-order valence-electron chi connectivity index (χ3n) is 3.79. The van der Waals surface area contributed by atoms with Gasteiger partial charge in [-0.05, 0) is 6.92 Å². The van der Waals surface area contributed by atoms with E-state index in [0.717, 1.165) is 0 Å². The second kappa shape index (κ2) is 7.58. The molecule has 9 nitrogen and oxygen atoms in total. The second-order valence-electron chi connectivity index (χ2n) is 5.66. The first-order valence-electron chi connectivity index (χ1n) is 7.73. The number of anilines is 1. The molecular weight excluding hydrogens is 348 g/mol. The van der Waals surface area contributed by atoms with Crippen molar-refractivity contribution >= 4 is 29.2 Å². The van der Waals surface area contributed by atoms with Crippen LogP contribution in [0.3, 0.4) is 0 Å². The van der Waals surface area contributed by atoms with Crippen LogP contribution in [-0.2, 0) is 4.79 Å². The summed E-state index contributed by atoms with van der Waals surface area (Å²) >= 11 is 5.97. The van der Waals surface area contributed by atoms with Gasteiger partial charge in [0.1, 0.15) is 17.8 Å². The average Bonchev–Trinajstić information content (AvgIpc) is 3.00. The minimum absolute atomic E-state index is 0.174. The Hall–Kier alpha value is -2.52. The van der Waals surface area contributed by atoms with Crippen LogP contribution >= 0.6 is 11.6 Å². The minimum Gasteiger partial charge on any atom is -0.360 e. The molecule has 10 heteroatoms. The van der Waals surface area contributed by atoms with Gasteiger partial charge in [-0.3, -0.25) is 14.5 Å². The molecule has 1 N–H and O–H groups in total. The van der Waals surface area contributed by atoms with Crippen molar-refractivity contribution in [1.29, 1.82) is 0 Å². The summed E-state index contributed by atoms with van der Waals surface area (Å²) in [6, 6.07) is 1.65. The van der Waals surface area contributed by atoms with E-state index in [4.69, 9.17) is 16.1 Å². The number of nitrogens with zero attached hydrogens (tertiary/aromatic N) is 5. The smallest absolute Gasteiger partial charge is 0.274 e. The molecular formula is C15H17ClN6O3. The number of carbonyl (C=O) groups is 2. The number of aromatic nitrogens is 3. The average molecular weight is 365 g/mol. The SMILES string of the molecule is Cc1cc(NC(=O)CN2CCN(C(=O)c3ncncc3Cl)CC2)no1. The topological polar surface area (TPSA) is 104 Å². The molecule has 2 amide bonds. The van der Waals surface area contributed by atoms with Crippen LogP contribution in [-0.4, -0.2) is 69.5 Å². The molecule has 0 aliphatic carbocycles. The Labute approximate surface area is 149 Å². The Morgan fingerprint density at radius 3 is 2.72 bits per heavy atom. The lowest BCUT2D eigenvalue weighted by Gasteiger charge is -2.34. The van der Waals surface area contributed by atoms with E-state index < -0.39 is 0 Å². The molecule has 0 bridgehead atoms. The van der Waals surface area contributed by atoms with Crippen molar-refractivity contribution in [3.63, 3.8) is 0 Å². The molecule has 0 unspecified atom stereocenters. The van der Waals surface area contributed by atoms with Crippen molar-refractivity contribution in [3.05, 3.63) is 35.1 Å². The maximum absolute atomic E-state index is 12.4. The van der Waals surface area contributed by atoms with E-state index in [-0.39, 0.29) is 29.1 Å². The summed E-state index contributed by atoms with van der Waals surface area (Å²) in [5.74, 6) is 0.627. The maximum atomic E-state index is 12.4. The standard InChI is InChI=1S/C15H17ClN6O3/c1-10-6-12(20-25-10)19-13(23)8-21-2-4-22(5-3-21)15(24)14-11(16)7-17-9-18-14/h6-7,9H,2-5,8H2,1H3,(H,19,20,23). The fraction of sp³-hybridized carbons (Fsp3) is 0.400. The van der Waals surface area contributed by atoms with E-state index in [1.807, 2.05) is 4.90 Å². The fourth-order valence-corrected chi connectivity index (χ4v) is 2.73. The number of hydrogen-bond donors (Lipinski definition) is 1. The number of aryl methyl sites for hydroxylation is 1. The maximum Gasteiger partial charge on any atom is 0.274 e. The summed E-state index contributed by atoms with van der Waals surface area (Å²) in [6.07, 6.45) is 2.69. The molecule has 3 rings (SSSR count). The Balaban J connectivity index is 1.49. The highest BCUT2D eigenvalue weighted by Gasteiger charge is 2.25. The Morgan fingerprint density at radius 2 is 2.08 bits per heavy atom. The lowest BCUT2D eigenvalue weighted by Crippen LogP contribution is -2.50.